The molecule has 4 heteroatoms. The molecule has 0 aliphatic carbocycles. The monoisotopic (exact) mass is 548 g/mol. The topological polar surface area (TPSA) is 77.8 Å². The molecule has 0 radical (unpaired) electrons. The summed E-state index contributed by atoms with van der Waals surface area (Å²) in [6, 6.07) is 3.65. The van der Waals surface area contributed by atoms with Crippen LogP contribution in [0.1, 0.15) is 181 Å². The van der Waals surface area contributed by atoms with Gasteiger partial charge in [-0.25, -0.2) is 0 Å². The molecule has 0 aromatic heterocycles. The van der Waals surface area contributed by atoms with Crippen molar-refractivity contribution in [2.75, 3.05) is 6.61 Å². The van der Waals surface area contributed by atoms with Crippen molar-refractivity contribution >= 4 is 5.97 Å². The first-order valence-electron chi connectivity index (χ1n) is 16.0. The molecule has 0 fully saturated rings. The Morgan fingerprint density at radius 3 is 1.23 bits per heavy atom. The van der Waals surface area contributed by atoms with Crippen molar-refractivity contribution in [3.05, 3.63) is 28.8 Å². The Labute approximate surface area is 242 Å². The molecule has 1 unspecified atom stereocenters. The second kappa shape index (κ2) is 20.3. The summed E-state index contributed by atoms with van der Waals surface area (Å²) in [5, 5.41) is 28.5. The molecule has 0 amide bonds. The van der Waals surface area contributed by atoms with Crippen LogP contribution in [0, 0.1) is 0 Å². The Morgan fingerprint density at radius 1 is 0.667 bits per heavy atom. The number of rotatable bonds is 18. The van der Waals surface area contributed by atoms with E-state index >= 15 is 0 Å². The summed E-state index contributed by atoms with van der Waals surface area (Å²) in [7, 11) is 0. The average molecular weight is 549 g/mol. The summed E-state index contributed by atoms with van der Waals surface area (Å²) >= 11 is 0. The molecular formula is C35H64O4. The zero-order valence-electron chi connectivity index (χ0n) is 27.0. The maximum atomic E-state index is 11.2. The fourth-order valence-electron chi connectivity index (χ4n) is 4.85. The van der Waals surface area contributed by atoms with E-state index in [1.54, 1.807) is 6.92 Å². The van der Waals surface area contributed by atoms with Crippen LogP contribution in [-0.2, 0) is 15.6 Å². The Balaban J connectivity index is 0.000000742. The number of carboxylic acids is 1. The van der Waals surface area contributed by atoms with Gasteiger partial charge in [-0.1, -0.05) is 157 Å². The molecule has 1 rings (SSSR count). The predicted molar refractivity (Wildman–Crippen MR) is 168 cm³/mol. The summed E-state index contributed by atoms with van der Waals surface area (Å²) in [6.45, 7) is 16.4. The molecule has 228 valence electrons. The van der Waals surface area contributed by atoms with Gasteiger partial charge < -0.3 is 15.3 Å². The number of benzene rings is 1. The highest BCUT2D eigenvalue weighted by Crippen LogP contribution is 2.41. The van der Waals surface area contributed by atoms with Crippen molar-refractivity contribution in [1.82, 2.24) is 0 Å². The fourth-order valence-corrected chi connectivity index (χ4v) is 4.85. The quantitative estimate of drug-likeness (QED) is 0.159. The zero-order chi connectivity index (χ0) is 29.9. The summed E-state index contributed by atoms with van der Waals surface area (Å²) in [6.07, 6.45) is 22.2. The van der Waals surface area contributed by atoms with E-state index in [4.69, 9.17) is 5.11 Å². The van der Waals surface area contributed by atoms with Crippen molar-refractivity contribution in [1.29, 1.82) is 0 Å². The number of hydrogen-bond acceptors (Lipinski definition) is 3. The molecule has 0 bridgehead atoms. The van der Waals surface area contributed by atoms with Crippen molar-refractivity contribution in [3.63, 3.8) is 0 Å². The van der Waals surface area contributed by atoms with E-state index in [0.29, 0.717) is 6.61 Å². The van der Waals surface area contributed by atoms with Gasteiger partial charge in [0.2, 0.25) is 0 Å². The molecule has 4 nitrogen and oxygen atoms in total. The van der Waals surface area contributed by atoms with Crippen molar-refractivity contribution in [2.24, 2.45) is 0 Å². The molecule has 0 saturated carbocycles. The van der Waals surface area contributed by atoms with Gasteiger partial charge >= 0.3 is 5.97 Å². The van der Waals surface area contributed by atoms with Crippen molar-refractivity contribution in [3.8, 4) is 5.75 Å². The van der Waals surface area contributed by atoms with Crippen LogP contribution in [0.4, 0.5) is 0 Å². The second-order valence-electron chi connectivity index (χ2n) is 13.6. The van der Waals surface area contributed by atoms with Crippen molar-refractivity contribution in [2.45, 2.75) is 175 Å². The van der Waals surface area contributed by atoms with Gasteiger partial charge in [-0.05, 0) is 40.9 Å². The minimum atomic E-state index is -0.851. The van der Waals surface area contributed by atoms with E-state index < -0.39 is 11.9 Å². The van der Waals surface area contributed by atoms with Gasteiger partial charge in [-0.2, -0.15) is 0 Å². The molecule has 3 N–H and O–H groups in total. The van der Waals surface area contributed by atoms with Crippen molar-refractivity contribution < 1.29 is 20.1 Å². The Hall–Kier alpha value is -1.55. The summed E-state index contributed by atoms with van der Waals surface area (Å²) in [4.78, 5) is 11.2. The lowest BCUT2D eigenvalue weighted by molar-refractivity contribution is -0.138. The Bertz CT molecular complexity index is 719. The number of carboxylic acid groups (broad SMARTS) is 1. The van der Waals surface area contributed by atoms with Gasteiger partial charge in [0.25, 0.3) is 0 Å². The standard InChI is InChI=1S/C18H38O.C17H26O3/c1-2-3-4-5-6-7-8-9-10-11-12-13-14-15-16-17-18-19;1-10(15(19)20)11-8-12(16(2,3)4)14(18)13(9-11)17(5,6)7/h19H,2-18H2,1H3;8-10,18H,1-7H3,(H,19,20). The van der Waals surface area contributed by atoms with Gasteiger partial charge in [-0.15, -0.1) is 0 Å². The Kier molecular flexibility index (Phi) is 19.5. The highest BCUT2D eigenvalue weighted by Gasteiger charge is 2.28. The Morgan fingerprint density at radius 2 is 0.974 bits per heavy atom. The van der Waals surface area contributed by atoms with Crippen LogP contribution >= 0.6 is 0 Å². The third-order valence-corrected chi connectivity index (χ3v) is 7.63. The largest absolute Gasteiger partial charge is 0.507 e. The molecule has 0 saturated heterocycles. The molecule has 39 heavy (non-hydrogen) atoms. The zero-order valence-corrected chi connectivity index (χ0v) is 27.0. The minimum Gasteiger partial charge on any atom is -0.507 e. The molecule has 0 aliphatic rings. The third-order valence-electron chi connectivity index (χ3n) is 7.63. The number of carbonyl (C=O) groups is 1. The van der Waals surface area contributed by atoms with Crippen LogP contribution in [0.5, 0.6) is 5.75 Å². The van der Waals surface area contributed by atoms with Gasteiger partial charge in [-0.3, -0.25) is 4.79 Å². The lowest BCUT2D eigenvalue weighted by Crippen LogP contribution is -2.19. The van der Waals surface area contributed by atoms with E-state index in [1.807, 2.05) is 53.7 Å². The van der Waals surface area contributed by atoms with Gasteiger partial charge in [0.1, 0.15) is 5.75 Å². The minimum absolute atomic E-state index is 0.238. The number of aromatic hydroxyl groups is 1. The summed E-state index contributed by atoms with van der Waals surface area (Å²) in [5.74, 6) is -1.15. The van der Waals surface area contributed by atoms with E-state index in [-0.39, 0.29) is 16.6 Å². The average Bonchev–Trinajstić information content (AvgIpc) is 2.85. The maximum Gasteiger partial charge on any atom is 0.310 e. The van der Waals surface area contributed by atoms with Gasteiger partial charge in [0.15, 0.2) is 0 Å². The number of phenols is 1. The number of unbranched alkanes of at least 4 members (excludes halogenated alkanes) is 15. The number of phenolic OH excluding ortho intramolecular Hbond substituents is 1. The molecule has 0 spiro atoms. The van der Waals surface area contributed by atoms with Crippen LogP contribution in [-0.4, -0.2) is 27.9 Å². The van der Waals surface area contributed by atoms with Crippen LogP contribution in [0.2, 0.25) is 0 Å². The van der Waals surface area contributed by atoms with Crippen LogP contribution < -0.4 is 0 Å². The number of aliphatic hydroxyl groups is 1. The first-order chi connectivity index (χ1) is 18.3. The molecule has 0 heterocycles. The highest BCUT2D eigenvalue weighted by atomic mass is 16.4. The molecule has 1 atom stereocenters. The fraction of sp³-hybridized carbons (Fsp3) is 0.800. The molecule has 1 aromatic rings. The molecular weight excluding hydrogens is 484 g/mol. The SMILES string of the molecule is CC(C(=O)O)c1cc(C(C)(C)C)c(O)c(C(C)(C)C)c1.CCCCCCCCCCCCCCCCCCO. The summed E-state index contributed by atoms with van der Waals surface area (Å²) < 4.78 is 0. The summed E-state index contributed by atoms with van der Waals surface area (Å²) in [5.41, 5.74) is 1.86. The first-order valence-corrected chi connectivity index (χ1v) is 16.0. The van der Waals surface area contributed by atoms with Gasteiger partial charge in [0.05, 0.1) is 5.92 Å². The molecule has 0 aliphatic heterocycles. The third kappa shape index (κ3) is 17.0. The normalized spacial score (nSPS) is 12.6. The van der Waals surface area contributed by atoms with E-state index in [9.17, 15) is 15.0 Å². The van der Waals surface area contributed by atoms with E-state index in [1.165, 1.54) is 96.3 Å². The first kappa shape index (κ1) is 37.5. The number of hydrogen-bond donors (Lipinski definition) is 3. The predicted octanol–water partition coefficient (Wildman–Crippen LogP) is 10.4. The lowest BCUT2D eigenvalue weighted by atomic mass is 9.77. The van der Waals surface area contributed by atoms with Gasteiger partial charge in [0, 0.05) is 6.61 Å². The van der Waals surface area contributed by atoms with Crippen LogP contribution in [0.25, 0.3) is 0 Å². The maximum absolute atomic E-state index is 11.2. The second-order valence-corrected chi connectivity index (χ2v) is 13.6. The van der Waals surface area contributed by atoms with E-state index in [0.717, 1.165) is 23.1 Å². The van der Waals surface area contributed by atoms with Crippen LogP contribution in [0.3, 0.4) is 0 Å². The number of aliphatic hydroxyl groups excluding tert-OH is 1. The highest BCUT2D eigenvalue weighted by molar-refractivity contribution is 5.76. The number of aliphatic carboxylic acids is 1. The molecule has 1 aromatic carbocycles. The van der Waals surface area contributed by atoms with Crippen LogP contribution in [0.15, 0.2) is 12.1 Å². The lowest BCUT2D eigenvalue weighted by Gasteiger charge is -2.28. The smallest absolute Gasteiger partial charge is 0.310 e. The van der Waals surface area contributed by atoms with E-state index in [2.05, 4.69) is 6.92 Å².